The van der Waals surface area contributed by atoms with Crippen molar-refractivity contribution in [2.24, 2.45) is 10.4 Å². The molecule has 2 rings (SSSR count). The Morgan fingerprint density at radius 3 is 2.44 bits per heavy atom. The van der Waals surface area contributed by atoms with Crippen LogP contribution < -0.4 is 5.32 Å². The molecular weight excluding hydrogens is 261 g/mol. The molecule has 1 aromatic rings. The normalized spacial score (nSPS) is 18.4. The minimum Gasteiger partial charge on any atom is -0.333 e. The van der Waals surface area contributed by atoms with Gasteiger partial charge < -0.3 is 5.32 Å². The van der Waals surface area contributed by atoms with E-state index in [9.17, 15) is 13.2 Å². The molecule has 0 amide bonds. The summed E-state index contributed by atoms with van der Waals surface area (Å²) >= 11 is 1.44. The van der Waals surface area contributed by atoms with Crippen molar-refractivity contribution in [3.63, 3.8) is 0 Å². The van der Waals surface area contributed by atoms with Gasteiger partial charge in [0.1, 0.15) is 5.82 Å². The van der Waals surface area contributed by atoms with Crippen molar-refractivity contribution < 1.29 is 13.2 Å². The fraction of sp³-hybridized carbons (Fsp3) is 0.417. The first-order valence-electron chi connectivity index (χ1n) is 5.46. The number of nitrogens with zero attached hydrogens (tertiary/aromatic N) is 1. The highest BCUT2D eigenvalue weighted by atomic mass is 32.2. The van der Waals surface area contributed by atoms with Crippen molar-refractivity contribution in [3.8, 4) is 0 Å². The number of nitrogens with one attached hydrogen (secondary N) is 1. The summed E-state index contributed by atoms with van der Waals surface area (Å²) in [6.45, 7) is 4.78. The molecule has 0 atom stereocenters. The Morgan fingerprint density at radius 2 is 1.83 bits per heavy atom. The Labute approximate surface area is 108 Å². The van der Waals surface area contributed by atoms with Gasteiger partial charge in [-0.25, -0.2) is 13.2 Å². The Morgan fingerprint density at radius 1 is 1.17 bits per heavy atom. The number of halogens is 3. The second-order valence-electron chi connectivity index (χ2n) is 4.95. The molecule has 6 heteroatoms. The zero-order valence-corrected chi connectivity index (χ0v) is 10.9. The molecule has 2 nitrogen and oxygen atoms in total. The average Bonchev–Trinajstić information content (AvgIpc) is 2.28. The molecule has 0 aliphatic carbocycles. The van der Waals surface area contributed by atoms with Crippen LogP contribution in [0.4, 0.5) is 18.9 Å². The number of thioether (sulfide) groups is 1. The van der Waals surface area contributed by atoms with Crippen molar-refractivity contribution in [1.29, 1.82) is 0 Å². The first-order chi connectivity index (χ1) is 8.37. The first-order valence-corrected chi connectivity index (χ1v) is 6.45. The van der Waals surface area contributed by atoms with E-state index in [-0.39, 0.29) is 11.1 Å². The summed E-state index contributed by atoms with van der Waals surface area (Å²) in [5.74, 6) is -2.27. The number of rotatable bonds is 1. The van der Waals surface area contributed by atoms with Gasteiger partial charge in [0.25, 0.3) is 0 Å². The smallest absolute Gasteiger partial charge is 0.161 e. The van der Waals surface area contributed by atoms with Crippen LogP contribution in [0.1, 0.15) is 13.8 Å². The van der Waals surface area contributed by atoms with Gasteiger partial charge in [0, 0.05) is 24.4 Å². The molecule has 0 unspecified atom stereocenters. The van der Waals surface area contributed by atoms with Gasteiger partial charge in [-0.05, 0) is 5.41 Å². The van der Waals surface area contributed by atoms with Crippen LogP contribution in [0.15, 0.2) is 17.1 Å². The molecule has 0 aromatic heterocycles. The van der Waals surface area contributed by atoms with Crippen LogP contribution >= 0.6 is 11.8 Å². The Hall–Kier alpha value is -1.17. The zero-order chi connectivity index (χ0) is 13.3. The van der Waals surface area contributed by atoms with Crippen LogP contribution in [0, 0.1) is 22.9 Å². The largest absolute Gasteiger partial charge is 0.333 e. The van der Waals surface area contributed by atoms with E-state index in [1.807, 2.05) is 0 Å². The lowest BCUT2D eigenvalue weighted by atomic mass is 9.97. The Kier molecular flexibility index (Phi) is 3.56. The fourth-order valence-electron chi connectivity index (χ4n) is 1.45. The average molecular weight is 274 g/mol. The SMILES string of the molecule is CC1(C)CN=C(Nc2cc(F)c(F)cc2F)SC1. The number of hydrogen-bond donors (Lipinski definition) is 1. The standard InChI is InChI=1S/C12H13F3N2S/c1-12(2)5-16-11(18-6-12)17-10-4-8(14)7(13)3-9(10)15/h3-4H,5-6H2,1-2H3,(H,16,17). The summed E-state index contributed by atoms with van der Waals surface area (Å²) in [5, 5.41) is 3.21. The van der Waals surface area contributed by atoms with E-state index in [2.05, 4.69) is 24.2 Å². The lowest BCUT2D eigenvalue weighted by molar-refractivity contribution is 0.438. The van der Waals surface area contributed by atoms with Crippen LogP contribution in [-0.2, 0) is 0 Å². The van der Waals surface area contributed by atoms with E-state index in [0.717, 1.165) is 11.8 Å². The number of anilines is 1. The number of amidine groups is 1. The molecule has 0 saturated carbocycles. The number of benzene rings is 1. The maximum Gasteiger partial charge on any atom is 0.161 e. The van der Waals surface area contributed by atoms with Gasteiger partial charge in [0.2, 0.25) is 0 Å². The maximum atomic E-state index is 13.4. The summed E-state index contributed by atoms with van der Waals surface area (Å²) in [6.07, 6.45) is 0. The van der Waals surface area contributed by atoms with Crippen LogP contribution in [0.2, 0.25) is 0 Å². The third-order valence-electron chi connectivity index (χ3n) is 2.50. The lowest BCUT2D eigenvalue weighted by Gasteiger charge is -2.27. The molecule has 18 heavy (non-hydrogen) atoms. The molecule has 0 bridgehead atoms. The van der Waals surface area contributed by atoms with Crippen molar-refractivity contribution in [1.82, 2.24) is 0 Å². The highest BCUT2D eigenvalue weighted by molar-refractivity contribution is 8.14. The van der Waals surface area contributed by atoms with Crippen LogP contribution in [0.25, 0.3) is 0 Å². The summed E-state index contributed by atoms with van der Waals surface area (Å²) in [4.78, 5) is 4.26. The second kappa shape index (κ2) is 4.84. The highest BCUT2D eigenvalue weighted by Gasteiger charge is 2.24. The van der Waals surface area contributed by atoms with Crippen molar-refractivity contribution >= 4 is 22.6 Å². The topological polar surface area (TPSA) is 24.4 Å². The van der Waals surface area contributed by atoms with Gasteiger partial charge >= 0.3 is 0 Å². The monoisotopic (exact) mass is 274 g/mol. The molecule has 1 aromatic carbocycles. The molecule has 1 heterocycles. The maximum absolute atomic E-state index is 13.4. The lowest BCUT2D eigenvalue weighted by Crippen LogP contribution is -2.27. The van der Waals surface area contributed by atoms with E-state index in [1.165, 1.54) is 11.8 Å². The van der Waals surface area contributed by atoms with Gasteiger partial charge in [-0.3, -0.25) is 4.99 Å². The van der Waals surface area contributed by atoms with Gasteiger partial charge in [-0.2, -0.15) is 0 Å². The molecule has 1 aliphatic heterocycles. The Balaban J connectivity index is 2.16. The number of aliphatic imine (C=N–C) groups is 1. The summed E-state index contributed by atoms with van der Waals surface area (Å²) in [6, 6.07) is 1.32. The van der Waals surface area contributed by atoms with Gasteiger partial charge in [-0.15, -0.1) is 0 Å². The van der Waals surface area contributed by atoms with E-state index < -0.39 is 17.5 Å². The number of hydrogen-bond acceptors (Lipinski definition) is 3. The predicted octanol–water partition coefficient (Wildman–Crippen LogP) is 3.64. The molecule has 1 aliphatic rings. The molecule has 98 valence electrons. The quantitative estimate of drug-likeness (QED) is 0.791. The van der Waals surface area contributed by atoms with Gasteiger partial charge in [-0.1, -0.05) is 25.6 Å². The van der Waals surface area contributed by atoms with Crippen LogP contribution in [0.3, 0.4) is 0 Å². The predicted molar refractivity (Wildman–Crippen MR) is 68.5 cm³/mol. The molecule has 0 fully saturated rings. The highest BCUT2D eigenvalue weighted by Crippen LogP contribution is 2.29. The molecule has 0 radical (unpaired) electrons. The van der Waals surface area contributed by atoms with E-state index in [4.69, 9.17) is 0 Å². The zero-order valence-electron chi connectivity index (χ0n) is 10.1. The molecule has 1 N–H and O–H groups in total. The van der Waals surface area contributed by atoms with Crippen molar-refractivity contribution in [2.75, 3.05) is 17.6 Å². The summed E-state index contributed by atoms with van der Waals surface area (Å²) < 4.78 is 39.2. The molecule has 0 saturated heterocycles. The summed E-state index contributed by atoms with van der Waals surface area (Å²) in [7, 11) is 0. The second-order valence-corrected chi connectivity index (χ2v) is 5.91. The third kappa shape index (κ3) is 2.98. The third-order valence-corrected chi connectivity index (χ3v) is 3.93. The van der Waals surface area contributed by atoms with Gasteiger partial charge in [0.05, 0.1) is 5.69 Å². The Bertz CT molecular complexity index is 500. The van der Waals surface area contributed by atoms with E-state index in [1.54, 1.807) is 0 Å². The van der Waals surface area contributed by atoms with Crippen LogP contribution in [0.5, 0.6) is 0 Å². The van der Waals surface area contributed by atoms with E-state index in [0.29, 0.717) is 17.8 Å². The van der Waals surface area contributed by atoms with Gasteiger partial charge in [0.15, 0.2) is 16.8 Å². The molecule has 0 spiro atoms. The fourth-order valence-corrected chi connectivity index (χ4v) is 2.41. The first kappa shape index (κ1) is 13.3. The van der Waals surface area contributed by atoms with Crippen molar-refractivity contribution in [2.45, 2.75) is 13.8 Å². The minimum atomic E-state index is -1.20. The van der Waals surface area contributed by atoms with Crippen LogP contribution in [-0.4, -0.2) is 17.5 Å². The minimum absolute atomic E-state index is 0.0974. The van der Waals surface area contributed by atoms with Crippen molar-refractivity contribution in [3.05, 3.63) is 29.6 Å². The molecular formula is C12H13F3N2S. The van der Waals surface area contributed by atoms with E-state index >= 15 is 0 Å². The summed E-state index contributed by atoms with van der Waals surface area (Å²) in [5.41, 5.74) is 0.00228.